The quantitative estimate of drug-likeness (QED) is 0.762. The zero-order valence-corrected chi connectivity index (χ0v) is 10.8. The summed E-state index contributed by atoms with van der Waals surface area (Å²) in [6.45, 7) is 4.40. The summed E-state index contributed by atoms with van der Waals surface area (Å²) in [4.78, 5) is 13.7. The van der Waals surface area contributed by atoms with Crippen LogP contribution in [0.3, 0.4) is 0 Å². The highest BCUT2D eigenvalue weighted by molar-refractivity contribution is 5.87. The third-order valence-electron chi connectivity index (χ3n) is 3.48. The van der Waals surface area contributed by atoms with Gasteiger partial charge in [-0.15, -0.1) is 0 Å². The SMILES string of the molecule is C=CC(=O)N1CCCC1Cc1ccccc1OC. The van der Waals surface area contributed by atoms with Crippen LogP contribution in [0.4, 0.5) is 0 Å². The van der Waals surface area contributed by atoms with E-state index in [1.54, 1.807) is 7.11 Å². The van der Waals surface area contributed by atoms with Gasteiger partial charge < -0.3 is 9.64 Å². The molecule has 18 heavy (non-hydrogen) atoms. The molecule has 1 heterocycles. The van der Waals surface area contributed by atoms with Crippen molar-refractivity contribution in [1.82, 2.24) is 4.90 Å². The Morgan fingerprint density at radius 2 is 2.33 bits per heavy atom. The summed E-state index contributed by atoms with van der Waals surface area (Å²) in [6, 6.07) is 8.26. The molecule has 0 bridgehead atoms. The van der Waals surface area contributed by atoms with Crippen LogP contribution in [0, 0.1) is 0 Å². The lowest BCUT2D eigenvalue weighted by Gasteiger charge is -2.24. The predicted octanol–water partition coefficient (Wildman–Crippen LogP) is 2.41. The molecule has 1 saturated heterocycles. The van der Waals surface area contributed by atoms with Gasteiger partial charge in [0, 0.05) is 12.6 Å². The van der Waals surface area contributed by atoms with E-state index in [1.165, 1.54) is 6.08 Å². The molecule has 1 unspecified atom stereocenters. The highest BCUT2D eigenvalue weighted by atomic mass is 16.5. The van der Waals surface area contributed by atoms with Crippen LogP contribution in [0.5, 0.6) is 5.75 Å². The van der Waals surface area contributed by atoms with E-state index in [0.29, 0.717) is 0 Å². The summed E-state index contributed by atoms with van der Waals surface area (Å²) in [6.07, 6.45) is 4.38. The summed E-state index contributed by atoms with van der Waals surface area (Å²) in [7, 11) is 1.68. The van der Waals surface area contributed by atoms with Gasteiger partial charge in [-0.2, -0.15) is 0 Å². The second kappa shape index (κ2) is 5.71. The van der Waals surface area contributed by atoms with Crippen LogP contribution in [-0.2, 0) is 11.2 Å². The van der Waals surface area contributed by atoms with Gasteiger partial charge in [0.25, 0.3) is 0 Å². The van der Waals surface area contributed by atoms with Crippen molar-refractivity contribution in [3.63, 3.8) is 0 Å². The number of likely N-dealkylation sites (tertiary alicyclic amines) is 1. The van der Waals surface area contributed by atoms with Crippen molar-refractivity contribution in [2.75, 3.05) is 13.7 Å². The van der Waals surface area contributed by atoms with Crippen molar-refractivity contribution in [2.45, 2.75) is 25.3 Å². The molecule has 2 rings (SSSR count). The van der Waals surface area contributed by atoms with Gasteiger partial charge in [0.2, 0.25) is 5.91 Å². The number of amides is 1. The second-order valence-corrected chi connectivity index (χ2v) is 4.55. The molecule has 0 spiro atoms. The summed E-state index contributed by atoms with van der Waals surface area (Å²) in [5.74, 6) is 0.933. The van der Waals surface area contributed by atoms with E-state index in [9.17, 15) is 4.79 Å². The first-order chi connectivity index (χ1) is 8.76. The fraction of sp³-hybridized carbons (Fsp3) is 0.400. The molecule has 1 aromatic rings. The number of nitrogens with zero attached hydrogens (tertiary/aromatic N) is 1. The Labute approximate surface area is 108 Å². The Balaban J connectivity index is 2.13. The van der Waals surface area contributed by atoms with E-state index in [1.807, 2.05) is 23.1 Å². The Bertz CT molecular complexity index is 442. The molecule has 1 aliphatic heterocycles. The summed E-state index contributed by atoms with van der Waals surface area (Å²) in [5.41, 5.74) is 1.16. The maximum absolute atomic E-state index is 11.7. The molecular formula is C15H19NO2. The Morgan fingerprint density at radius 1 is 1.56 bits per heavy atom. The second-order valence-electron chi connectivity index (χ2n) is 4.55. The zero-order chi connectivity index (χ0) is 13.0. The summed E-state index contributed by atoms with van der Waals surface area (Å²) in [5, 5.41) is 0. The molecule has 1 amide bonds. The number of carbonyl (C=O) groups excluding carboxylic acids is 1. The molecule has 1 atom stereocenters. The highest BCUT2D eigenvalue weighted by Gasteiger charge is 2.27. The van der Waals surface area contributed by atoms with E-state index in [-0.39, 0.29) is 11.9 Å². The van der Waals surface area contributed by atoms with Gasteiger partial charge in [0.1, 0.15) is 5.75 Å². The van der Waals surface area contributed by atoms with Gasteiger partial charge in [-0.05, 0) is 37.0 Å². The van der Waals surface area contributed by atoms with Crippen molar-refractivity contribution in [3.05, 3.63) is 42.5 Å². The fourth-order valence-corrected chi connectivity index (χ4v) is 2.58. The predicted molar refractivity (Wildman–Crippen MR) is 71.6 cm³/mol. The number of carbonyl (C=O) groups is 1. The average Bonchev–Trinajstić information content (AvgIpc) is 2.86. The third-order valence-corrected chi connectivity index (χ3v) is 3.48. The number of para-hydroxylation sites is 1. The molecule has 0 N–H and O–H groups in total. The van der Waals surface area contributed by atoms with Crippen LogP contribution < -0.4 is 4.74 Å². The first kappa shape index (κ1) is 12.7. The molecule has 3 nitrogen and oxygen atoms in total. The highest BCUT2D eigenvalue weighted by Crippen LogP contribution is 2.26. The number of hydrogen-bond donors (Lipinski definition) is 0. The maximum Gasteiger partial charge on any atom is 0.246 e. The van der Waals surface area contributed by atoms with Gasteiger partial charge in [-0.25, -0.2) is 0 Å². The molecule has 0 saturated carbocycles. The lowest BCUT2D eigenvalue weighted by molar-refractivity contribution is -0.126. The Kier molecular flexibility index (Phi) is 4.03. The van der Waals surface area contributed by atoms with E-state index >= 15 is 0 Å². The van der Waals surface area contributed by atoms with Crippen molar-refractivity contribution < 1.29 is 9.53 Å². The topological polar surface area (TPSA) is 29.5 Å². The fourth-order valence-electron chi connectivity index (χ4n) is 2.58. The minimum absolute atomic E-state index is 0.0346. The molecule has 0 aromatic heterocycles. The standard InChI is InChI=1S/C15H19NO2/c1-3-15(17)16-10-6-8-13(16)11-12-7-4-5-9-14(12)18-2/h3-5,7,9,13H,1,6,8,10-11H2,2H3. The maximum atomic E-state index is 11.7. The zero-order valence-electron chi connectivity index (χ0n) is 10.8. The summed E-state index contributed by atoms with van der Waals surface area (Å²) < 4.78 is 5.35. The van der Waals surface area contributed by atoms with Crippen molar-refractivity contribution in [2.24, 2.45) is 0 Å². The van der Waals surface area contributed by atoms with Gasteiger partial charge in [0.15, 0.2) is 0 Å². The Hall–Kier alpha value is -1.77. The first-order valence-corrected chi connectivity index (χ1v) is 6.31. The lowest BCUT2D eigenvalue weighted by Crippen LogP contribution is -2.35. The van der Waals surface area contributed by atoms with Gasteiger partial charge in [0.05, 0.1) is 7.11 Å². The van der Waals surface area contributed by atoms with Gasteiger partial charge >= 0.3 is 0 Å². The smallest absolute Gasteiger partial charge is 0.246 e. The van der Waals surface area contributed by atoms with E-state index < -0.39 is 0 Å². The molecule has 1 aromatic carbocycles. The van der Waals surface area contributed by atoms with Crippen molar-refractivity contribution in [3.8, 4) is 5.75 Å². The van der Waals surface area contributed by atoms with E-state index in [4.69, 9.17) is 4.74 Å². The van der Waals surface area contributed by atoms with Crippen LogP contribution in [0.15, 0.2) is 36.9 Å². The number of hydrogen-bond acceptors (Lipinski definition) is 2. The van der Waals surface area contributed by atoms with Gasteiger partial charge in [-0.3, -0.25) is 4.79 Å². The molecule has 96 valence electrons. The Morgan fingerprint density at radius 3 is 3.06 bits per heavy atom. The van der Waals surface area contributed by atoms with Crippen LogP contribution in [0.1, 0.15) is 18.4 Å². The van der Waals surface area contributed by atoms with Crippen LogP contribution in [-0.4, -0.2) is 30.5 Å². The normalized spacial score (nSPS) is 18.7. The molecule has 0 aliphatic carbocycles. The largest absolute Gasteiger partial charge is 0.496 e. The number of benzene rings is 1. The molecular weight excluding hydrogens is 226 g/mol. The lowest BCUT2D eigenvalue weighted by atomic mass is 10.0. The van der Waals surface area contributed by atoms with Crippen LogP contribution >= 0.6 is 0 Å². The van der Waals surface area contributed by atoms with Crippen molar-refractivity contribution in [1.29, 1.82) is 0 Å². The molecule has 0 radical (unpaired) electrons. The van der Waals surface area contributed by atoms with Crippen LogP contribution in [0.2, 0.25) is 0 Å². The van der Waals surface area contributed by atoms with E-state index in [0.717, 1.165) is 37.1 Å². The average molecular weight is 245 g/mol. The minimum atomic E-state index is 0.0346. The van der Waals surface area contributed by atoms with Gasteiger partial charge in [-0.1, -0.05) is 24.8 Å². The van der Waals surface area contributed by atoms with Crippen molar-refractivity contribution >= 4 is 5.91 Å². The number of rotatable bonds is 4. The summed E-state index contributed by atoms with van der Waals surface area (Å²) >= 11 is 0. The molecule has 1 fully saturated rings. The minimum Gasteiger partial charge on any atom is -0.496 e. The number of methoxy groups -OCH3 is 1. The first-order valence-electron chi connectivity index (χ1n) is 6.31. The molecule has 3 heteroatoms. The van der Waals surface area contributed by atoms with Crippen LogP contribution in [0.25, 0.3) is 0 Å². The number of ether oxygens (including phenoxy) is 1. The third kappa shape index (κ3) is 2.55. The monoisotopic (exact) mass is 245 g/mol. The van der Waals surface area contributed by atoms with E-state index in [2.05, 4.69) is 12.6 Å². The molecule has 1 aliphatic rings.